The summed E-state index contributed by atoms with van der Waals surface area (Å²) in [5.74, 6) is 0.647. The van der Waals surface area contributed by atoms with Crippen molar-refractivity contribution in [3.8, 4) is 5.82 Å². The summed E-state index contributed by atoms with van der Waals surface area (Å²) in [5.41, 5.74) is 0.615. The van der Waals surface area contributed by atoms with Crippen molar-refractivity contribution < 1.29 is 4.79 Å². The van der Waals surface area contributed by atoms with Crippen molar-refractivity contribution in [1.82, 2.24) is 19.4 Å². The first-order valence-corrected chi connectivity index (χ1v) is 4.84. The van der Waals surface area contributed by atoms with E-state index in [9.17, 15) is 4.79 Å². The minimum absolute atomic E-state index is 0.0382. The summed E-state index contributed by atoms with van der Waals surface area (Å²) in [6.45, 7) is 0. The Kier molecular flexibility index (Phi) is 2.68. The van der Waals surface area contributed by atoms with E-state index in [2.05, 4.69) is 9.97 Å². The van der Waals surface area contributed by atoms with E-state index in [1.807, 2.05) is 0 Å². The molecular formula is C11H12N4O. The molecule has 0 atom stereocenters. The van der Waals surface area contributed by atoms with Crippen molar-refractivity contribution >= 4 is 5.91 Å². The molecule has 0 unspecified atom stereocenters. The third kappa shape index (κ3) is 1.93. The molecule has 0 aliphatic rings. The molecule has 2 heterocycles. The molecule has 2 aromatic rings. The molecule has 0 bridgehead atoms. The Bertz CT molecular complexity index is 490. The Morgan fingerprint density at radius 3 is 2.81 bits per heavy atom. The van der Waals surface area contributed by atoms with Gasteiger partial charge in [0.25, 0.3) is 5.91 Å². The molecule has 0 aliphatic carbocycles. The smallest absolute Gasteiger partial charge is 0.253 e. The van der Waals surface area contributed by atoms with Crippen LogP contribution in [0.5, 0.6) is 0 Å². The average Bonchev–Trinajstić information content (AvgIpc) is 2.81. The molecule has 1 amide bonds. The predicted molar refractivity (Wildman–Crippen MR) is 59.4 cm³/mol. The van der Waals surface area contributed by atoms with Crippen LogP contribution in [0, 0.1) is 0 Å². The van der Waals surface area contributed by atoms with Crippen molar-refractivity contribution in [3.05, 3.63) is 42.6 Å². The summed E-state index contributed by atoms with van der Waals surface area (Å²) in [5, 5.41) is 0. The molecule has 0 saturated carbocycles. The highest BCUT2D eigenvalue weighted by Gasteiger charge is 2.09. The van der Waals surface area contributed by atoms with Crippen molar-refractivity contribution in [2.45, 2.75) is 0 Å². The SMILES string of the molecule is CN(C)C(=O)c1ccnc(-n2ccnc2)c1. The molecule has 5 heteroatoms. The molecule has 5 nitrogen and oxygen atoms in total. The summed E-state index contributed by atoms with van der Waals surface area (Å²) >= 11 is 0. The van der Waals surface area contributed by atoms with Crippen molar-refractivity contribution in [3.63, 3.8) is 0 Å². The Hall–Kier alpha value is -2.17. The van der Waals surface area contributed by atoms with Gasteiger partial charge in [-0.05, 0) is 12.1 Å². The molecule has 2 rings (SSSR count). The molecule has 0 N–H and O–H groups in total. The lowest BCUT2D eigenvalue weighted by Gasteiger charge is -2.10. The van der Waals surface area contributed by atoms with Crippen LogP contribution in [0.3, 0.4) is 0 Å². The van der Waals surface area contributed by atoms with Crippen LogP contribution in [0.25, 0.3) is 5.82 Å². The maximum Gasteiger partial charge on any atom is 0.253 e. The summed E-state index contributed by atoms with van der Waals surface area (Å²) < 4.78 is 1.76. The molecule has 82 valence electrons. The largest absolute Gasteiger partial charge is 0.345 e. The average molecular weight is 216 g/mol. The number of imidazole rings is 1. The second kappa shape index (κ2) is 4.14. The topological polar surface area (TPSA) is 51.0 Å². The number of carbonyl (C=O) groups is 1. The van der Waals surface area contributed by atoms with Gasteiger partial charge in [0, 0.05) is 38.2 Å². The van der Waals surface area contributed by atoms with Crippen LogP contribution in [-0.4, -0.2) is 39.4 Å². The zero-order valence-electron chi connectivity index (χ0n) is 9.16. The number of hydrogen-bond acceptors (Lipinski definition) is 3. The lowest BCUT2D eigenvalue weighted by atomic mass is 10.2. The molecule has 0 fully saturated rings. The molecule has 0 aromatic carbocycles. The highest BCUT2D eigenvalue weighted by Crippen LogP contribution is 2.08. The monoisotopic (exact) mass is 216 g/mol. The van der Waals surface area contributed by atoms with Crippen LogP contribution in [0.2, 0.25) is 0 Å². The summed E-state index contributed by atoms with van der Waals surface area (Å²) in [6, 6.07) is 3.44. The Balaban J connectivity index is 2.37. The zero-order valence-corrected chi connectivity index (χ0v) is 9.16. The van der Waals surface area contributed by atoms with Crippen LogP contribution in [0.1, 0.15) is 10.4 Å². The molecule has 0 spiro atoms. The molecule has 0 radical (unpaired) electrons. The van der Waals surface area contributed by atoms with E-state index in [1.54, 1.807) is 55.7 Å². The van der Waals surface area contributed by atoms with E-state index in [0.29, 0.717) is 11.4 Å². The fraction of sp³-hybridized carbons (Fsp3) is 0.182. The summed E-state index contributed by atoms with van der Waals surface area (Å²) in [4.78, 5) is 21.4. The second-order valence-corrected chi connectivity index (χ2v) is 3.57. The lowest BCUT2D eigenvalue weighted by Crippen LogP contribution is -2.21. The van der Waals surface area contributed by atoms with Crippen LogP contribution in [0.4, 0.5) is 0 Å². The first-order valence-electron chi connectivity index (χ1n) is 4.84. The first kappa shape index (κ1) is 10.4. The van der Waals surface area contributed by atoms with Gasteiger partial charge in [-0.25, -0.2) is 9.97 Å². The normalized spacial score (nSPS) is 10.1. The highest BCUT2D eigenvalue weighted by molar-refractivity contribution is 5.94. The minimum atomic E-state index is -0.0382. The predicted octanol–water partition coefficient (Wildman–Crippen LogP) is 0.969. The number of carbonyl (C=O) groups excluding carboxylic acids is 1. The van der Waals surface area contributed by atoms with Gasteiger partial charge in [-0.3, -0.25) is 9.36 Å². The van der Waals surface area contributed by atoms with Gasteiger partial charge in [0.1, 0.15) is 12.1 Å². The summed E-state index contributed by atoms with van der Waals surface area (Å²) in [7, 11) is 3.44. The molecule has 0 aliphatic heterocycles. The first-order chi connectivity index (χ1) is 7.68. The van der Waals surface area contributed by atoms with Crippen molar-refractivity contribution in [1.29, 1.82) is 0 Å². The van der Waals surface area contributed by atoms with Crippen molar-refractivity contribution in [2.24, 2.45) is 0 Å². The van der Waals surface area contributed by atoms with Gasteiger partial charge >= 0.3 is 0 Å². The van der Waals surface area contributed by atoms with E-state index in [4.69, 9.17) is 0 Å². The molecular weight excluding hydrogens is 204 g/mol. The number of amides is 1. The van der Waals surface area contributed by atoms with Gasteiger partial charge in [-0.15, -0.1) is 0 Å². The van der Waals surface area contributed by atoms with Crippen LogP contribution >= 0.6 is 0 Å². The third-order valence-corrected chi connectivity index (χ3v) is 2.17. The van der Waals surface area contributed by atoms with E-state index < -0.39 is 0 Å². The van der Waals surface area contributed by atoms with Gasteiger partial charge in [0.2, 0.25) is 0 Å². The summed E-state index contributed by atoms with van der Waals surface area (Å²) in [6.07, 6.45) is 6.71. The quantitative estimate of drug-likeness (QED) is 0.751. The van der Waals surface area contributed by atoms with E-state index in [0.717, 1.165) is 0 Å². The van der Waals surface area contributed by atoms with Gasteiger partial charge in [0.15, 0.2) is 0 Å². The number of nitrogens with zero attached hydrogens (tertiary/aromatic N) is 4. The standard InChI is InChI=1S/C11H12N4O/c1-14(2)11(16)9-3-4-13-10(7-9)15-6-5-12-8-15/h3-8H,1-2H3. The van der Waals surface area contributed by atoms with Gasteiger partial charge < -0.3 is 4.90 Å². The van der Waals surface area contributed by atoms with Crippen LogP contribution in [0.15, 0.2) is 37.1 Å². The number of rotatable bonds is 2. The third-order valence-electron chi connectivity index (χ3n) is 2.17. The number of pyridine rings is 1. The van der Waals surface area contributed by atoms with Crippen LogP contribution < -0.4 is 0 Å². The number of aromatic nitrogens is 3. The van der Waals surface area contributed by atoms with Crippen molar-refractivity contribution in [2.75, 3.05) is 14.1 Å². The van der Waals surface area contributed by atoms with Crippen LogP contribution in [-0.2, 0) is 0 Å². The zero-order chi connectivity index (χ0) is 11.5. The molecule has 16 heavy (non-hydrogen) atoms. The van der Waals surface area contributed by atoms with Gasteiger partial charge in [-0.1, -0.05) is 0 Å². The maximum absolute atomic E-state index is 11.7. The Morgan fingerprint density at radius 1 is 1.38 bits per heavy atom. The molecule has 0 saturated heterocycles. The fourth-order valence-electron chi connectivity index (χ4n) is 1.35. The maximum atomic E-state index is 11.7. The van der Waals surface area contributed by atoms with E-state index in [-0.39, 0.29) is 5.91 Å². The van der Waals surface area contributed by atoms with Gasteiger partial charge in [-0.2, -0.15) is 0 Å². The fourth-order valence-corrected chi connectivity index (χ4v) is 1.35. The minimum Gasteiger partial charge on any atom is -0.345 e. The van der Waals surface area contributed by atoms with E-state index in [1.165, 1.54) is 4.90 Å². The highest BCUT2D eigenvalue weighted by atomic mass is 16.2. The molecule has 2 aromatic heterocycles. The second-order valence-electron chi connectivity index (χ2n) is 3.57. The number of hydrogen-bond donors (Lipinski definition) is 0. The Labute approximate surface area is 93.4 Å². The lowest BCUT2D eigenvalue weighted by molar-refractivity contribution is 0.0827. The van der Waals surface area contributed by atoms with Gasteiger partial charge in [0.05, 0.1) is 0 Å². The Morgan fingerprint density at radius 2 is 2.19 bits per heavy atom. The van der Waals surface area contributed by atoms with E-state index >= 15 is 0 Å².